The van der Waals surface area contributed by atoms with Crippen LogP contribution in [0, 0.1) is 0 Å². The van der Waals surface area contributed by atoms with E-state index in [2.05, 4.69) is 5.32 Å². The van der Waals surface area contributed by atoms with E-state index < -0.39 is 39.3 Å². The maximum atomic E-state index is 11.6. The van der Waals surface area contributed by atoms with E-state index in [0.717, 1.165) is 11.8 Å². The Labute approximate surface area is 115 Å². The lowest BCUT2D eigenvalue weighted by Crippen LogP contribution is -2.70. The fourth-order valence-electron chi connectivity index (χ4n) is 1.48. The molecule has 0 aliphatic carbocycles. The summed E-state index contributed by atoms with van der Waals surface area (Å²) in [7, 11) is -4.61. The molecule has 0 bridgehead atoms. The van der Waals surface area contributed by atoms with Crippen molar-refractivity contribution in [3.63, 3.8) is 0 Å². The summed E-state index contributed by atoms with van der Waals surface area (Å²) in [5.41, 5.74) is -0.728. The Morgan fingerprint density at radius 2 is 2.00 bits per heavy atom. The number of hydrogen-bond acceptors (Lipinski definition) is 6. The van der Waals surface area contributed by atoms with Gasteiger partial charge in [0.1, 0.15) is 17.0 Å². The Hall–Kier alpha value is -1.00. The van der Waals surface area contributed by atoms with Gasteiger partial charge in [0.25, 0.3) is 5.91 Å². The third-order valence-electron chi connectivity index (χ3n) is 2.16. The minimum atomic E-state index is -4.61. The lowest BCUT2D eigenvalue weighted by Gasteiger charge is -2.43. The molecule has 1 aliphatic rings. The molecule has 0 saturated carbocycles. The smallest absolute Gasteiger partial charge is 0.408 e. The second-order valence-corrected chi connectivity index (χ2v) is 7.11. The summed E-state index contributed by atoms with van der Waals surface area (Å²) >= 11 is 1.01. The Bertz CT molecular complexity index is 483. The molecule has 0 aromatic carbocycles. The van der Waals surface area contributed by atoms with E-state index in [1.807, 2.05) is 0 Å². The number of alkyl carbamates (subject to hydrolysis) is 1. The lowest BCUT2D eigenvalue weighted by atomic mass is 10.1. The second-order valence-electron chi connectivity index (χ2n) is 4.86. The predicted molar refractivity (Wildman–Crippen MR) is 68.9 cm³/mol. The Morgan fingerprint density at radius 3 is 2.37 bits per heavy atom. The zero-order valence-corrected chi connectivity index (χ0v) is 12.5. The molecule has 1 rings (SSSR count). The van der Waals surface area contributed by atoms with Gasteiger partial charge in [-0.1, -0.05) is 0 Å². The van der Waals surface area contributed by atoms with Gasteiger partial charge in [-0.3, -0.25) is 9.35 Å². The van der Waals surface area contributed by atoms with E-state index in [0.29, 0.717) is 4.31 Å². The van der Waals surface area contributed by atoms with Crippen LogP contribution < -0.4 is 5.32 Å². The molecule has 110 valence electrons. The summed E-state index contributed by atoms with van der Waals surface area (Å²) in [6, 6.07) is -1.04. The predicted octanol–water partition coefficient (Wildman–Crippen LogP) is 0.214. The Morgan fingerprint density at radius 1 is 1.47 bits per heavy atom. The fraction of sp³-hybridized carbons (Fsp3) is 0.778. The molecule has 0 spiro atoms. The molecule has 1 heterocycles. The number of carbonyl (C=O) groups is 2. The van der Waals surface area contributed by atoms with Crippen LogP contribution in [0.1, 0.15) is 20.8 Å². The van der Waals surface area contributed by atoms with Crippen molar-refractivity contribution in [2.45, 2.75) is 37.8 Å². The number of rotatable bonds is 3. The third-order valence-corrected chi connectivity index (χ3v) is 4.17. The Balaban J connectivity index is 2.72. The van der Waals surface area contributed by atoms with Crippen LogP contribution in [-0.4, -0.2) is 52.5 Å². The second kappa shape index (κ2) is 5.17. The summed E-state index contributed by atoms with van der Waals surface area (Å²) in [4.78, 5) is 23.1. The molecule has 2 atom stereocenters. The average Bonchev–Trinajstić information content (AvgIpc) is 2.17. The number of nitrogens with zero attached hydrogens (tertiary/aromatic N) is 1. The first kappa shape index (κ1) is 16.1. The molecule has 2 amide bonds. The van der Waals surface area contributed by atoms with E-state index in [9.17, 15) is 18.0 Å². The van der Waals surface area contributed by atoms with Gasteiger partial charge >= 0.3 is 16.4 Å². The van der Waals surface area contributed by atoms with E-state index in [4.69, 9.17) is 9.29 Å². The van der Waals surface area contributed by atoms with Crippen molar-refractivity contribution in [3.05, 3.63) is 0 Å². The summed E-state index contributed by atoms with van der Waals surface area (Å²) in [6.45, 7) is 4.98. The average molecular weight is 312 g/mol. The van der Waals surface area contributed by atoms with Gasteiger partial charge in [-0.05, 0) is 27.0 Å². The molecule has 19 heavy (non-hydrogen) atoms. The highest BCUT2D eigenvalue weighted by Gasteiger charge is 2.54. The SMILES string of the molecule is CS[C@H]1[C@H](NC(=O)OC(C)(C)C)C(=O)N1S(=O)(=O)O. The number of amides is 2. The van der Waals surface area contributed by atoms with Crippen molar-refractivity contribution in [1.82, 2.24) is 9.62 Å². The summed E-state index contributed by atoms with van der Waals surface area (Å²) in [6.07, 6.45) is 0.735. The number of β-lactam (4-membered cyclic amide) rings is 1. The monoisotopic (exact) mass is 312 g/mol. The van der Waals surface area contributed by atoms with Crippen molar-refractivity contribution in [2.24, 2.45) is 0 Å². The van der Waals surface area contributed by atoms with Gasteiger partial charge in [-0.25, -0.2) is 4.79 Å². The zero-order valence-electron chi connectivity index (χ0n) is 10.9. The molecule has 1 aliphatic heterocycles. The maximum Gasteiger partial charge on any atom is 0.408 e. The zero-order chi connectivity index (χ0) is 15.0. The van der Waals surface area contributed by atoms with Crippen LogP contribution >= 0.6 is 11.8 Å². The van der Waals surface area contributed by atoms with Crippen molar-refractivity contribution in [2.75, 3.05) is 6.26 Å². The minimum Gasteiger partial charge on any atom is -0.444 e. The molecule has 0 unspecified atom stereocenters. The van der Waals surface area contributed by atoms with Crippen molar-refractivity contribution in [3.8, 4) is 0 Å². The number of carbonyl (C=O) groups excluding carboxylic acids is 2. The highest BCUT2D eigenvalue weighted by atomic mass is 32.2. The number of ether oxygens (including phenoxy) is 1. The number of nitrogens with one attached hydrogen (secondary N) is 1. The van der Waals surface area contributed by atoms with Crippen LogP contribution in [0.5, 0.6) is 0 Å². The van der Waals surface area contributed by atoms with Gasteiger partial charge in [-0.15, -0.1) is 11.8 Å². The van der Waals surface area contributed by atoms with E-state index in [1.165, 1.54) is 0 Å². The molecular weight excluding hydrogens is 296 g/mol. The Kier molecular flexibility index (Phi) is 4.37. The highest BCUT2D eigenvalue weighted by Crippen LogP contribution is 2.30. The summed E-state index contributed by atoms with van der Waals surface area (Å²) in [5, 5.41) is 1.40. The van der Waals surface area contributed by atoms with Crippen LogP contribution in [0.25, 0.3) is 0 Å². The molecule has 8 nitrogen and oxygen atoms in total. The highest BCUT2D eigenvalue weighted by molar-refractivity contribution is 8.00. The van der Waals surface area contributed by atoms with Gasteiger partial charge < -0.3 is 10.1 Å². The third kappa shape index (κ3) is 3.74. The minimum absolute atomic E-state index is 0.319. The first-order valence-electron chi connectivity index (χ1n) is 5.30. The molecule has 0 aromatic rings. The number of thioether (sulfide) groups is 1. The fourth-order valence-corrected chi connectivity index (χ4v) is 3.54. The van der Waals surface area contributed by atoms with Gasteiger partial charge in [0.2, 0.25) is 0 Å². The molecular formula is C9H16N2O6S2. The normalized spacial score (nSPS) is 23.8. The van der Waals surface area contributed by atoms with Crippen LogP contribution in [-0.2, 0) is 19.8 Å². The van der Waals surface area contributed by atoms with E-state index in [-0.39, 0.29) is 0 Å². The summed E-state index contributed by atoms with van der Waals surface area (Å²) < 4.78 is 36.1. The van der Waals surface area contributed by atoms with Gasteiger partial charge in [0.15, 0.2) is 0 Å². The van der Waals surface area contributed by atoms with E-state index in [1.54, 1.807) is 27.0 Å². The van der Waals surface area contributed by atoms with Crippen LogP contribution in [0.15, 0.2) is 0 Å². The summed E-state index contributed by atoms with van der Waals surface area (Å²) in [5.74, 6) is -0.896. The van der Waals surface area contributed by atoms with Gasteiger partial charge in [-0.2, -0.15) is 12.7 Å². The van der Waals surface area contributed by atoms with Gasteiger partial charge in [0, 0.05) is 0 Å². The number of hydrogen-bond donors (Lipinski definition) is 2. The molecule has 0 aromatic heterocycles. The maximum absolute atomic E-state index is 11.6. The first-order chi connectivity index (χ1) is 8.47. The van der Waals surface area contributed by atoms with Crippen LogP contribution in [0.2, 0.25) is 0 Å². The molecule has 1 saturated heterocycles. The van der Waals surface area contributed by atoms with Crippen molar-refractivity contribution in [1.29, 1.82) is 0 Å². The quantitative estimate of drug-likeness (QED) is 0.566. The van der Waals surface area contributed by atoms with Gasteiger partial charge in [0.05, 0.1) is 0 Å². The molecule has 2 N–H and O–H groups in total. The first-order valence-corrected chi connectivity index (χ1v) is 7.99. The largest absolute Gasteiger partial charge is 0.444 e. The molecule has 0 radical (unpaired) electrons. The van der Waals surface area contributed by atoms with E-state index >= 15 is 0 Å². The standard InChI is InChI=1S/C9H16N2O6S2/c1-9(2,3)17-8(13)10-5-6(12)11(7(5)18-4)19(14,15)16/h5,7H,1-4H3,(H,10,13)(H,14,15,16)/t5-,7+/m1/s1. The van der Waals surface area contributed by atoms with Crippen LogP contribution in [0.3, 0.4) is 0 Å². The molecule has 1 fully saturated rings. The molecule has 10 heteroatoms. The van der Waals surface area contributed by atoms with Crippen LogP contribution in [0.4, 0.5) is 4.79 Å². The van der Waals surface area contributed by atoms with Crippen molar-refractivity contribution >= 4 is 34.1 Å². The topological polar surface area (TPSA) is 113 Å². The lowest BCUT2D eigenvalue weighted by molar-refractivity contribution is -0.138. The van der Waals surface area contributed by atoms with Crippen molar-refractivity contribution < 1.29 is 27.3 Å².